The zero-order valence-corrected chi connectivity index (χ0v) is 25.1. The number of carbonyl (C=O) groups excluding carboxylic acids is 2. The quantitative estimate of drug-likeness (QED) is 0.300. The van der Waals surface area contributed by atoms with Crippen molar-refractivity contribution in [2.75, 3.05) is 38.9 Å². The minimum atomic E-state index is -0.395. The van der Waals surface area contributed by atoms with Crippen LogP contribution in [0.3, 0.4) is 0 Å². The lowest BCUT2D eigenvalue weighted by Gasteiger charge is -2.38. The Labute approximate surface area is 253 Å². The molecule has 0 unspecified atom stereocenters. The summed E-state index contributed by atoms with van der Waals surface area (Å²) >= 11 is 1.30. The van der Waals surface area contributed by atoms with Crippen LogP contribution in [-0.2, 0) is 6.54 Å². The number of anilines is 1. The average Bonchev–Trinajstić information content (AvgIpc) is 3.66. The van der Waals surface area contributed by atoms with Gasteiger partial charge in [0, 0.05) is 25.6 Å². The first-order valence-electron chi connectivity index (χ1n) is 14.3. The van der Waals surface area contributed by atoms with Gasteiger partial charge < -0.3 is 29.5 Å². The first-order chi connectivity index (χ1) is 20.8. The van der Waals surface area contributed by atoms with Crippen LogP contribution in [0.4, 0.5) is 5.69 Å². The molecule has 43 heavy (non-hydrogen) atoms. The fourth-order valence-corrected chi connectivity index (χ4v) is 6.29. The van der Waals surface area contributed by atoms with Crippen molar-refractivity contribution >= 4 is 39.1 Å². The van der Waals surface area contributed by atoms with Crippen LogP contribution in [0.5, 0.6) is 17.2 Å². The van der Waals surface area contributed by atoms with Crippen molar-refractivity contribution in [3.8, 4) is 17.2 Å². The third-order valence-electron chi connectivity index (χ3n) is 7.81. The van der Waals surface area contributed by atoms with E-state index >= 15 is 0 Å². The van der Waals surface area contributed by atoms with Crippen molar-refractivity contribution in [2.45, 2.75) is 32.5 Å². The standard InChI is InChI=1S/C32H34N4O6S/c1-19-14-36(20(2)17-37)32(39)22-7-6-9-24(33-30(38)31-34-23-8-4-5-10-28(23)43-31)29(22)42-27(19)16-35(3)15-21-11-12-25-26(13-21)41-18-40-25/h4-13,19-20,27,37H,14-18H2,1-3H3,(H,33,38)/t19-,20-,27-/m1/s1. The highest BCUT2D eigenvalue weighted by Crippen LogP contribution is 2.36. The number of benzene rings is 3. The van der Waals surface area contributed by atoms with E-state index in [0.717, 1.165) is 27.3 Å². The Hall–Kier alpha value is -4.19. The molecule has 0 aliphatic carbocycles. The molecule has 2 aliphatic rings. The van der Waals surface area contributed by atoms with Crippen LogP contribution in [0.15, 0.2) is 60.7 Å². The largest absolute Gasteiger partial charge is 0.486 e. The van der Waals surface area contributed by atoms with E-state index in [-0.39, 0.29) is 37.2 Å². The average molecular weight is 603 g/mol. The van der Waals surface area contributed by atoms with E-state index in [9.17, 15) is 14.7 Å². The number of aliphatic hydroxyl groups excluding tert-OH is 1. The first kappa shape index (κ1) is 28.9. The highest BCUT2D eigenvalue weighted by molar-refractivity contribution is 7.20. The molecule has 3 atom stereocenters. The number of likely N-dealkylation sites (N-methyl/N-ethyl adjacent to an activating group) is 1. The van der Waals surface area contributed by atoms with Crippen LogP contribution in [0.2, 0.25) is 0 Å². The second-order valence-electron chi connectivity index (χ2n) is 11.1. The molecule has 3 aromatic carbocycles. The monoisotopic (exact) mass is 602 g/mol. The molecule has 0 saturated heterocycles. The summed E-state index contributed by atoms with van der Waals surface area (Å²) in [5.41, 5.74) is 2.54. The molecule has 10 nitrogen and oxygen atoms in total. The Morgan fingerprint density at radius 3 is 2.79 bits per heavy atom. The Bertz CT molecular complexity index is 1630. The molecule has 0 fully saturated rings. The predicted octanol–water partition coefficient (Wildman–Crippen LogP) is 4.63. The van der Waals surface area contributed by atoms with E-state index in [2.05, 4.69) is 15.2 Å². The summed E-state index contributed by atoms with van der Waals surface area (Å²) in [6.07, 6.45) is -0.334. The van der Waals surface area contributed by atoms with Crippen LogP contribution in [0.1, 0.15) is 39.6 Å². The highest BCUT2D eigenvalue weighted by atomic mass is 32.1. The summed E-state index contributed by atoms with van der Waals surface area (Å²) in [7, 11) is 2.01. The second kappa shape index (κ2) is 12.2. The lowest BCUT2D eigenvalue weighted by atomic mass is 9.98. The Balaban J connectivity index is 1.29. The van der Waals surface area contributed by atoms with Gasteiger partial charge in [-0.15, -0.1) is 11.3 Å². The lowest BCUT2D eigenvalue weighted by molar-refractivity contribution is 0.0343. The molecular weight excluding hydrogens is 568 g/mol. The zero-order valence-electron chi connectivity index (χ0n) is 24.3. The van der Waals surface area contributed by atoms with Crippen molar-refractivity contribution in [1.82, 2.24) is 14.8 Å². The van der Waals surface area contributed by atoms with Gasteiger partial charge >= 0.3 is 0 Å². The number of hydrogen-bond donors (Lipinski definition) is 2. The molecule has 6 rings (SSSR count). The summed E-state index contributed by atoms with van der Waals surface area (Å²) in [5, 5.41) is 13.3. The van der Waals surface area contributed by atoms with Gasteiger partial charge in [-0.3, -0.25) is 14.5 Å². The molecule has 224 valence electrons. The number of thiazole rings is 1. The molecule has 4 aromatic rings. The number of aliphatic hydroxyl groups is 1. The summed E-state index contributed by atoms with van der Waals surface area (Å²) in [5.74, 6) is 1.06. The third-order valence-corrected chi connectivity index (χ3v) is 8.84. The predicted molar refractivity (Wildman–Crippen MR) is 164 cm³/mol. The molecule has 2 aliphatic heterocycles. The lowest BCUT2D eigenvalue weighted by Crippen LogP contribution is -2.49. The van der Waals surface area contributed by atoms with Crippen molar-refractivity contribution in [1.29, 1.82) is 0 Å². The number of fused-ring (bicyclic) bond motifs is 3. The number of carbonyl (C=O) groups is 2. The summed E-state index contributed by atoms with van der Waals surface area (Å²) in [4.78, 5) is 35.5. The number of nitrogens with zero attached hydrogens (tertiary/aromatic N) is 3. The maximum absolute atomic E-state index is 13.8. The number of hydrogen-bond acceptors (Lipinski definition) is 9. The van der Waals surface area contributed by atoms with Crippen LogP contribution in [0, 0.1) is 5.92 Å². The van der Waals surface area contributed by atoms with E-state index in [1.807, 2.05) is 63.4 Å². The molecule has 3 heterocycles. The highest BCUT2D eigenvalue weighted by Gasteiger charge is 2.35. The molecule has 0 radical (unpaired) electrons. The third kappa shape index (κ3) is 6.01. The van der Waals surface area contributed by atoms with Gasteiger partial charge in [-0.05, 0) is 55.9 Å². The van der Waals surface area contributed by atoms with E-state index in [1.54, 1.807) is 23.1 Å². The second-order valence-corrected chi connectivity index (χ2v) is 12.2. The molecule has 0 bridgehead atoms. The van der Waals surface area contributed by atoms with Crippen LogP contribution in [-0.4, -0.2) is 77.4 Å². The Morgan fingerprint density at radius 1 is 1.16 bits per heavy atom. The van der Waals surface area contributed by atoms with Gasteiger partial charge in [-0.1, -0.05) is 31.2 Å². The van der Waals surface area contributed by atoms with Gasteiger partial charge in [-0.2, -0.15) is 0 Å². The maximum atomic E-state index is 13.8. The normalized spacial score (nSPS) is 18.6. The molecule has 0 spiro atoms. The van der Waals surface area contributed by atoms with E-state index in [0.29, 0.717) is 41.6 Å². The van der Waals surface area contributed by atoms with Gasteiger partial charge in [0.05, 0.1) is 34.1 Å². The van der Waals surface area contributed by atoms with Gasteiger partial charge in [0.15, 0.2) is 22.3 Å². The van der Waals surface area contributed by atoms with Gasteiger partial charge in [0.25, 0.3) is 11.8 Å². The van der Waals surface area contributed by atoms with Crippen molar-refractivity contribution in [3.05, 3.63) is 76.8 Å². The molecular formula is C32H34N4O6S. The number of amides is 2. The fourth-order valence-electron chi connectivity index (χ4n) is 5.43. The van der Waals surface area contributed by atoms with Crippen LogP contribution >= 0.6 is 11.3 Å². The molecule has 1 aromatic heterocycles. The zero-order chi connectivity index (χ0) is 30.1. The molecule has 0 saturated carbocycles. The molecule has 11 heteroatoms. The minimum absolute atomic E-state index is 0.0849. The van der Waals surface area contributed by atoms with Crippen molar-refractivity contribution in [3.63, 3.8) is 0 Å². The van der Waals surface area contributed by atoms with Crippen molar-refractivity contribution < 1.29 is 28.9 Å². The Kier molecular flexibility index (Phi) is 8.20. The number of nitrogens with one attached hydrogen (secondary N) is 1. The fraction of sp³-hybridized carbons (Fsp3) is 0.344. The van der Waals surface area contributed by atoms with Gasteiger partial charge in [0.2, 0.25) is 6.79 Å². The van der Waals surface area contributed by atoms with E-state index in [4.69, 9.17) is 14.2 Å². The number of para-hydroxylation sites is 2. The summed E-state index contributed by atoms with van der Waals surface area (Å²) in [6.45, 7) is 5.51. The van der Waals surface area contributed by atoms with Gasteiger partial charge in [-0.25, -0.2) is 4.98 Å². The van der Waals surface area contributed by atoms with Crippen LogP contribution in [0.25, 0.3) is 10.2 Å². The number of aromatic nitrogens is 1. The van der Waals surface area contributed by atoms with Crippen LogP contribution < -0.4 is 19.5 Å². The first-order valence-corrected chi connectivity index (χ1v) is 15.1. The Morgan fingerprint density at radius 2 is 1.98 bits per heavy atom. The number of rotatable bonds is 8. The summed E-state index contributed by atoms with van der Waals surface area (Å²) in [6, 6.07) is 18.3. The summed E-state index contributed by atoms with van der Waals surface area (Å²) < 4.78 is 18.6. The maximum Gasteiger partial charge on any atom is 0.284 e. The van der Waals surface area contributed by atoms with Gasteiger partial charge in [0.1, 0.15) is 6.10 Å². The smallest absolute Gasteiger partial charge is 0.284 e. The minimum Gasteiger partial charge on any atom is -0.486 e. The van der Waals surface area contributed by atoms with E-state index in [1.165, 1.54) is 11.3 Å². The van der Waals surface area contributed by atoms with Crippen molar-refractivity contribution in [2.24, 2.45) is 5.92 Å². The van der Waals surface area contributed by atoms with E-state index < -0.39 is 6.04 Å². The number of ether oxygens (including phenoxy) is 3. The SMILES string of the molecule is C[C@@H]1CN([C@H](C)CO)C(=O)c2cccc(NC(=O)c3nc4ccccc4s3)c2O[C@@H]1CN(C)Cc1ccc2c(c1)OCO2. The molecule has 2 N–H and O–H groups in total. The molecule has 2 amide bonds. The topological polar surface area (TPSA) is 113 Å².